The fourth-order valence-corrected chi connectivity index (χ4v) is 2.67. The summed E-state index contributed by atoms with van der Waals surface area (Å²) in [5.41, 5.74) is 0.935. The summed E-state index contributed by atoms with van der Waals surface area (Å²) < 4.78 is 11.0. The number of quaternary nitrogens is 1. The van der Waals surface area contributed by atoms with Gasteiger partial charge in [0.05, 0.1) is 19.8 Å². The Morgan fingerprint density at radius 3 is 2.87 bits per heavy atom. The lowest BCUT2D eigenvalue weighted by atomic mass is 10.2. The van der Waals surface area contributed by atoms with Crippen molar-refractivity contribution in [2.24, 2.45) is 0 Å². The molecule has 1 aromatic rings. The van der Waals surface area contributed by atoms with Crippen molar-refractivity contribution in [2.45, 2.75) is 26.4 Å². The Kier molecular flexibility index (Phi) is 7.15. The SMILES string of the molecule is Cc1cc(O[C@@H](C)C(=O)NCCC[NH+]2CCOCC2)ccc1Cl. The van der Waals surface area contributed by atoms with E-state index in [1.807, 2.05) is 13.0 Å². The smallest absolute Gasteiger partial charge is 0.260 e. The fourth-order valence-electron chi connectivity index (χ4n) is 2.55. The second-order valence-corrected chi connectivity index (χ2v) is 6.34. The Balaban J connectivity index is 1.66. The molecule has 5 nitrogen and oxygen atoms in total. The average Bonchev–Trinajstić information content (AvgIpc) is 2.55. The molecule has 1 atom stereocenters. The van der Waals surface area contributed by atoms with E-state index in [-0.39, 0.29) is 5.91 Å². The number of hydrogen-bond acceptors (Lipinski definition) is 3. The molecular weight excluding hydrogens is 316 g/mol. The van der Waals surface area contributed by atoms with Gasteiger partial charge in [-0.15, -0.1) is 0 Å². The largest absolute Gasteiger partial charge is 0.481 e. The van der Waals surface area contributed by atoms with Crippen LogP contribution in [0.5, 0.6) is 5.75 Å². The molecule has 0 aromatic heterocycles. The topological polar surface area (TPSA) is 52.0 Å². The maximum absolute atomic E-state index is 12.1. The van der Waals surface area contributed by atoms with E-state index in [9.17, 15) is 4.79 Å². The summed E-state index contributed by atoms with van der Waals surface area (Å²) in [6, 6.07) is 5.40. The number of aryl methyl sites for hydroxylation is 1. The van der Waals surface area contributed by atoms with Gasteiger partial charge in [0.2, 0.25) is 0 Å². The number of halogens is 1. The van der Waals surface area contributed by atoms with Crippen LogP contribution in [-0.2, 0) is 9.53 Å². The predicted octanol–water partition coefficient (Wildman–Crippen LogP) is 0.837. The lowest BCUT2D eigenvalue weighted by Crippen LogP contribution is -3.14. The van der Waals surface area contributed by atoms with E-state index in [1.54, 1.807) is 24.0 Å². The summed E-state index contributed by atoms with van der Waals surface area (Å²) in [4.78, 5) is 13.6. The van der Waals surface area contributed by atoms with Crippen molar-refractivity contribution in [3.8, 4) is 5.75 Å². The lowest BCUT2D eigenvalue weighted by molar-refractivity contribution is -0.908. The Morgan fingerprint density at radius 1 is 1.43 bits per heavy atom. The summed E-state index contributed by atoms with van der Waals surface area (Å²) >= 11 is 5.98. The summed E-state index contributed by atoms with van der Waals surface area (Å²) in [7, 11) is 0. The first-order chi connectivity index (χ1) is 11.1. The van der Waals surface area contributed by atoms with Gasteiger partial charge in [0.15, 0.2) is 6.10 Å². The highest BCUT2D eigenvalue weighted by Gasteiger charge is 2.16. The molecule has 23 heavy (non-hydrogen) atoms. The Labute approximate surface area is 142 Å². The minimum Gasteiger partial charge on any atom is -0.481 e. The maximum Gasteiger partial charge on any atom is 0.260 e. The number of ether oxygens (including phenoxy) is 2. The Bertz CT molecular complexity index is 519. The van der Waals surface area contributed by atoms with Gasteiger partial charge in [-0.2, -0.15) is 0 Å². The third-order valence-electron chi connectivity index (χ3n) is 4.02. The third kappa shape index (κ3) is 6.01. The number of amides is 1. The zero-order chi connectivity index (χ0) is 16.7. The van der Waals surface area contributed by atoms with Gasteiger partial charge in [-0.25, -0.2) is 0 Å². The molecule has 0 saturated carbocycles. The molecule has 1 fully saturated rings. The van der Waals surface area contributed by atoms with Crippen LogP contribution in [0.1, 0.15) is 18.9 Å². The number of morpholine rings is 1. The van der Waals surface area contributed by atoms with E-state index in [0.29, 0.717) is 17.3 Å². The van der Waals surface area contributed by atoms with Gasteiger partial charge in [-0.3, -0.25) is 4.79 Å². The van der Waals surface area contributed by atoms with E-state index in [0.717, 1.165) is 44.8 Å². The number of rotatable bonds is 7. The second-order valence-electron chi connectivity index (χ2n) is 5.93. The molecule has 0 spiro atoms. The van der Waals surface area contributed by atoms with Crippen LogP contribution in [0.3, 0.4) is 0 Å². The first kappa shape index (κ1) is 18.0. The molecule has 1 aliphatic rings. The Morgan fingerprint density at radius 2 is 2.17 bits per heavy atom. The van der Waals surface area contributed by atoms with E-state index in [2.05, 4.69) is 5.32 Å². The summed E-state index contributed by atoms with van der Waals surface area (Å²) in [6.07, 6.45) is 0.444. The van der Waals surface area contributed by atoms with Crippen molar-refractivity contribution in [1.82, 2.24) is 5.32 Å². The summed E-state index contributed by atoms with van der Waals surface area (Å²) in [5, 5.41) is 3.63. The maximum atomic E-state index is 12.1. The van der Waals surface area contributed by atoms with E-state index >= 15 is 0 Å². The summed E-state index contributed by atoms with van der Waals surface area (Å²) in [5.74, 6) is 0.571. The molecule has 6 heteroatoms. The van der Waals surface area contributed by atoms with Gasteiger partial charge in [-0.05, 0) is 37.6 Å². The van der Waals surface area contributed by atoms with E-state index in [4.69, 9.17) is 21.1 Å². The molecule has 2 N–H and O–H groups in total. The molecule has 0 aliphatic carbocycles. The molecule has 2 rings (SSSR count). The number of nitrogens with one attached hydrogen (secondary N) is 2. The van der Waals surface area contributed by atoms with Crippen LogP contribution < -0.4 is 15.0 Å². The molecule has 128 valence electrons. The van der Waals surface area contributed by atoms with Crippen LogP contribution in [0.4, 0.5) is 0 Å². The highest BCUT2D eigenvalue weighted by molar-refractivity contribution is 6.31. The zero-order valence-corrected chi connectivity index (χ0v) is 14.6. The van der Waals surface area contributed by atoms with Gasteiger partial charge >= 0.3 is 0 Å². The molecule has 0 bridgehead atoms. The van der Waals surface area contributed by atoms with Crippen molar-refractivity contribution in [2.75, 3.05) is 39.4 Å². The van der Waals surface area contributed by atoms with Gasteiger partial charge in [0.25, 0.3) is 5.91 Å². The number of carbonyl (C=O) groups is 1. The van der Waals surface area contributed by atoms with Gasteiger partial charge in [-0.1, -0.05) is 11.6 Å². The van der Waals surface area contributed by atoms with E-state index < -0.39 is 6.10 Å². The van der Waals surface area contributed by atoms with Crippen LogP contribution in [-0.4, -0.2) is 51.4 Å². The van der Waals surface area contributed by atoms with Gasteiger partial charge < -0.3 is 19.7 Å². The molecule has 1 amide bonds. The van der Waals surface area contributed by atoms with Crippen LogP contribution in [0.15, 0.2) is 18.2 Å². The third-order valence-corrected chi connectivity index (χ3v) is 4.44. The predicted molar refractivity (Wildman–Crippen MR) is 90.3 cm³/mol. The number of benzene rings is 1. The van der Waals surface area contributed by atoms with Crippen molar-refractivity contribution in [3.63, 3.8) is 0 Å². The standard InChI is InChI=1S/C17H25ClN2O3/c1-13-12-15(4-5-16(13)18)23-14(2)17(21)19-6-3-7-20-8-10-22-11-9-20/h4-5,12,14H,3,6-11H2,1-2H3,(H,19,21)/p+1/t14-/m0/s1. The highest BCUT2D eigenvalue weighted by atomic mass is 35.5. The zero-order valence-electron chi connectivity index (χ0n) is 13.9. The minimum absolute atomic E-state index is 0.0884. The van der Waals surface area contributed by atoms with Crippen molar-refractivity contribution < 1.29 is 19.2 Å². The summed E-state index contributed by atoms with van der Waals surface area (Å²) in [6.45, 7) is 9.21. The average molecular weight is 342 g/mol. The van der Waals surface area contributed by atoms with Gasteiger partial charge in [0, 0.05) is 18.0 Å². The Hall–Kier alpha value is -1.30. The normalized spacial score (nSPS) is 16.8. The number of hydrogen-bond donors (Lipinski definition) is 2. The lowest BCUT2D eigenvalue weighted by Gasteiger charge is -2.23. The molecule has 1 aliphatic heterocycles. The van der Waals surface area contributed by atoms with E-state index in [1.165, 1.54) is 0 Å². The minimum atomic E-state index is -0.522. The first-order valence-corrected chi connectivity index (χ1v) is 8.56. The molecule has 1 aromatic carbocycles. The highest BCUT2D eigenvalue weighted by Crippen LogP contribution is 2.21. The van der Waals surface area contributed by atoms with Crippen molar-refractivity contribution >= 4 is 17.5 Å². The fraction of sp³-hybridized carbons (Fsp3) is 0.588. The van der Waals surface area contributed by atoms with Crippen LogP contribution >= 0.6 is 11.6 Å². The molecular formula is C17H26ClN2O3+. The monoisotopic (exact) mass is 341 g/mol. The first-order valence-electron chi connectivity index (χ1n) is 8.18. The molecule has 0 radical (unpaired) electrons. The van der Waals surface area contributed by atoms with Crippen molar-refractivity contribution in [3.05, 3.63) is 28.8 Å². The number of carbonyl (C=O) groups excluding carboxylic acids is 1. The van der Waals surface area contributed by atoms with Crippen LogP contribution in [0.2, 0.25) is 5.02 Å². The molecule has 0 unspecified atom stereocenters. The van der Waals surface area contributed by atoms with Crippen LogP contribution in [0.25, 0.3) is 0 Å². The quantitative estimate of drug-likeness (QED) is 0.723. The molecule has 1 heterocycles. The van der Waals surface area contributed by atoms with Crippen LogP contribution in [0, 0.1) is 6.92 Å². The second kappa shape index (κ2) is 9.11. The van der Waals surface area contributed by atoms with Gasteiger partial charge in [0.1, 0.15) is 18.8 Å². The molecule has 1 saturated heterocycles. The van der Waals surface area contributed by atoms with Crippen molar-refractivity contribution in [1.29, 1.82) is 0 Å².